The van der Waals surface area contributed by atoms with Gasteiger partial charge in [0, 0.05) is 30.8 Å². The summed E-state index contributed by atoms with van der Waals surface area (Å²) in [6, 6.07) is -0.633. The number of carbonyl (C=O) groups excluding carboxylic acids is 3. The van der Waals surface area contributed by atoms with Crippen LogP contribution in [0.3, 0.4) is 0 Å². The highest BCUT2D eigenvalue weighted by atomic mass is 16.5. The van der Waals surface area contributed by atoms with E-state index in [-0.39, 0.29) is 24.2 Å². The van der Waals surface area contributed by atoms with Crippen LogP contribution in [0.5, 0.6) is 0 Å². The topological polar surface area (TPSA) is 88.7 Å². The number of methoxy groups -OCH3 is 1. The summed E-state index contributed by atoms with van der Waals surface area (Å²) in [6.45, 7) is 7.97. The van der Waals surface area contributed by atoms with E-state index in [1.807, 2.05) is 0 Å². The van der Waals surface area contributed by atoms with Crippen LogP contribution in [0.25, 0.3) is 0 Å². The number of nitrogens with one attached hydrogen (secondary N) is 1. The fourth-order valence-electron chi connectivity index (χ4n) is 3.97. The molecule has 7 nitrogen and oxygen atoms in total. The molecule has 0 aromatic carbocycles. The Labute approximate surface area is 166 Å². The zero-order chi connectivity index (χ0) is 20.8. The number of Topliss-reactive ketones (excluding diaryl/α,β-unsaturated/α-hetero) is 1. The normalized spacial score (nSPS) is 15.5. The van der Waals surface area contributed by atoms with Crippen LogP contribution in [0.1, 0.15) is 71.6 Å². The molecule has 1 aliphatic carbocycles. The number of nitrogens with zero attached hydrogens (tertiary/aromatic N) is 1. The summed E-state index contributed by atoms with van der Waals surface area (Å²) in [7, 11) is 1.58. The van der Waals surface area contributed by atoms with Crippen LogP contribution in [0.15, 0.2) is 0 Å². The number of ether oxygens (including phenoxy) is 2. The molecule has 0 spiro atoms. The number of amides is 1. The summed E-state index contributed by atoms with van der Waals surface area (Å²) in [4.78, 5) is 43.1. The van der Waals surface area contributed by atoms with E-state index >= 15 is 0 Å². The highest BCUT2D eigenvalue weighted by Crippen LogP contribution is 2.28. The highest BCUT2D eigenvalue weighted by Gasteiger charge is 2.34. The van der Waals surface area contributed by atoms with Crippen LogP contribution in [0.2, 0.25) is 0 Å². The number of hydrogen-bond donors (Lipinski definition) is 1. The minimum atomic E-state index is -0.633. The minimum Gasteiger partial charge on any atom is -0.461 e. The summed E-state index contributed by atoms with van der Waals surface area (Å²) < 4.78 is 10.2. The van der Waals surface area contributed by atoms with E-state index < -0.39 is 12.0 Å². The van der Waals surface area contributed by atoms with Gasteiger partial charge < -0.3 is 19.4 Å². The second kappa shape index (κ2) is 9.87. The fraction of sp³-hybridized carbons (Fsp3) is 0.667. The van der Waals surface area contributed by atoms with E-state index in [0.29, 0.717) is 35.7 Å². The molecule has 1 fully saturated rings. The van der Waals surface area contributed by atoms with Gasteiger partial charge in [0.05, 0.1) is 19.3 Å². The first-order valence-corrected chi connectivity index (χ1v) is 10.0. The summed E-state index contributed by atoms with van der Waals surface area (Å²) in [5, 5.41) is 0. The molecule has 0 bridgehead atoms. The van der Waals surface area contributed by atoms with Gasteiger partial charge in [0.1, 0.15) is 5.69 Å². The fourth-order valence-corrected chi connectivity index (χ4v) is 3.97. The first-order chi connectivity index (χ1) is 13.3. The maximum atomic E-state index is 13.3. The van der Waals surface area contributed by atoms with Crippen LogP contribution >= 0.6 is 0 Å². The molecule has 7 heteroatoms. The Hall–Kier alpha value is -2.15. The second-order valence-corrected chi connectivity index (χ2v) is 7.39. The van der Waals surface area contributed by atoms with Crippen molar-refractivity contribution in [3.63, 3.8) is 0 Å². The Kier molecular flexibility index (Phi) is 7.80. The lowest BCUT2D eigenvalue weighted by molar-refractivity contribution is -0.137. The standard InChI is InChI=1S/C21H32N2O5/c1-6-28-21(26)18-13(2)17(14(3)22-18)19(24)15(4)23(11-12-27-5)20(25)16-9-7-8-10-16/h15-16,22H,6-12H2,1-5H3. The Morgan fingerprint density at radius 3 is 2.43 bits per heavy atom. The number of aromatic amines is 1. The van der Waals surface area contributed by atoms with E-state index in [1.54, 1.807) is 39.7 Å². The van der Waals surface area contributed by atoms with E-state index in [0.717, 1.165) is 25.7 Å². The van der Waals surface area contributed by atoms with Crippen molar-refractivity contribution in [2.75, 3.05) is 26.9 Å². The van der Waals surface area contributed by atoms with Gasteiger partial charge in [0.2, 0.25) is 5.91 Å². The number of rotatable bonds is 9. The van der Waals surface area contributed by atoms with Gasteiger partial charge in [-0.25, -0.2) is 4.79 Å². The predicted octanol–water partition coefficient (Wildman–Crippen LogP) is 3.04. The van der Waals surface area contributed by atoms with Gasteiger partial charge in [0.25, 0.3) is 0 Å². The van der Waals surface area contributed by atoms with E-state index in [1.165, 1.54) is 0 Å². The first kappa shape index (κ1) is 22.1. The molecule has 1 heterocycles. The molecule has 0 aliphatic heterocycles. The summed E-state index contributed by atoms with van der Waals surface area (Å²) >= 11 is 0. The number of carbonyl (C=O) groups is 3. The lowest BCUT2D eigenvalue weighted by Gasteiger charge is -2.30. The quantitative estimate of drug-likeness (QED) is 0.515. The maximum absolute atomic E-state index is 13.3. The molecule has 0 saturated heterocycles. The van der Waals surface area contributed by atoms with Crippen molar-refractivity contribution in [2.24, 2.45) is 5.92 Å². The molecule has 1 aromatic rings. The molecule has 2 rings (SSSR count). The van der Waals surface area contributed by atoms with Gasteiger partial charge in [0.15, 0.2) is 5.78 Å². The van der Waals surface area contributed by atoms with Gasteiger partial charge in [-0.05, 0) is 46.1 Å². The number of aryl methyl sites for hydroxylation is 1. The number of H-pyrrole nitrogens is 1. The van der Waals surface area contributed by atoms with Crippen molar-refractivity contribution in [3.05, 3.63) is 22.5 Å². The molecule has 156 valence electrons. The average molecular weight is 392 g/mol. The van der Waals surface area contributed by atoms with Crippen LogP contribution in [0, 0.1) is 19.8 Å². The third kappa shape index (κ3) is 4.63. The molecule has 1 atom stereocenters. The van der Waals surface area contributed by atoms with Gasteiger partial charge in [-0.2, -0.15) is 0 Å². The van der Waals surface area contributed by atoms with Crippen molar-refractivity contribution in [1.29, 1.82) is 0 Å². The van der Waals surface area contributed by atoms with Crippen LogP contribution < -0.4 is 0 Å². The molecule has 0 radical (unpaired) electrons. The number of aromatic nitrogens is 1. The molecule has 28 heavy (non-hydrogen) atoms. The zero-order valence-corrected chi connectivity index (χ0v) is 17.6. The monoisotopic (exact) mass is 392 g/mol. The van der Waals surface area contributed by atoms with E-state index in [4.69, 9.17) is 9.47 Å². The molecule has 1 saturated carbocycles. The van der Waals surface area contributed by atoms with Gasteiger partial charge >= 0.3 is 5.97 Å². The molecular formula is C21H32N2O5. The largest absolute Gasteiger partial charge is 0.461 e. The smallest absolute Gasteiger partial charge is 0.355 e. The van der Waals surface area contributed by atoms with Crippen molar-refractivity contribution >= 4 is 17.7 Å². The number of ketones is 1. The summed E-state index contributed by atoms with van der Waals surface area (Å²) in [6.07, 6.45) is 3.85. The van der Waals surface area contributed by atoms with Crippen LogP contribution in [0.4, 0.5) is 0 Å². The van der Waals surface area contributed by atoms with Gasteiger partial charge in [-0.1, -0.05) is 12.8 Å². The van der Waals surface area contributed by atoms with Crippen LogP contribution in [-0.2, 0) is 14.3 Å². The zero-order valence-electron chi connectivity index (χ0n) is 17.6. The lowest BCUT2D eigenvalue weighted by atomic mass is 9.98. The van der Waals surface area contributed by atoms with Crippen molar-refractivity contribution < 1.29 is 23.9 Å². The summed E-state index contributed by atoms with van der Waals surface area (Å²) in [5.74, 6) is -0.653. The summed E-state index contributed by atoms with van der Waals surface area (Å²) in [5.41, 5.74) is 1.92. The lowest BCUT2D eigenvalue weighted by Crippen LogP contribution is -2.47. The van der Waals surface area contributed by atoms with Gasteiger partial charge in [-0.15, -0.1) is 0 Å². The molecule has 1 unspecified atom stereocenters. The molecule has 1 N–H and O–H groups in total. The van der Waals surface area contributed by atoms with Crippen molar-refractivity contribution in [2.45, 2.75) is 59.4 Å². The Balaban J connectivity index is 2.29. The third-order valence-corrected chi connectivity index (χ3v) is 5.53. The first-order valence-electron chi connectivity index (χ1n) is 10.0. The molecule has 1 amide bonds. The number of esters is 1. The molecule has 1 aliphatic rings. The third-order valence-electron chi connectivity index (χ3n) is 5.53. The van der Waals surface area contributed by atoms with E-state index in [2.05, 4.69) is 4.98 Å². The van der Waals surface area contributed by atoms with Crippen molar-refractivity contribution in [3.8, 4) is 0 Å². The number of hydrogen-bond acceptors (Lipinski definition) is 5. The van der Waals surface area contributed by atoms with Crippen molar-refractivity contribution in [1.82, 2.24) is 9.88 Å². The Bertz CT molecular complexity index is 719. The SMILES string of the molecule is CCOC(=O)c1[nH]c(C)c(C(=O)C(C)N(CCOC)C(=O)C2CCCC2)c1C. The highest BCUT2D eigenvalue weighted by molar-refractivity contribution is 6.06. The van der Waals surface area contributed by atoms with Gasteiger partial charge in [-0.3, -0.25) is 9.59 Å². The Morgan fingerprint density at radius 1 is 1.21 bits per heavy atom. The maximum Gasteiger partial charge on any atom is 0.355 e. The molecular weight excluding hydrogens is 360 g/mol. The van der Waals surface area contributed by atoms with Crippen LogP contribution in [-0.4, -0.2) is 60.5 Å². The average Bonchev–Trinajstić information content (AvgIpc) is 3.29. The molecule has 1 aromatic heterocycles. The van der Waals surface area contributed by atoms with E-state index in [9.17, 15) is 14.4 Å². The Morgan fingerprint density at radius 2 is 1.86 bits per heavy atom. The minimum absolute atomic E-state index is 0.0179. The second-order valence-electron chi connectivity index (χ2n) is 7.39. The predicted molar refractivity (Wildman–Crippen MR) is 106 cm³/mol.